The van der Waals surface area contributed by atoms with Gasteiger partial charge in [0.1, 0.15) is 13.2 Å². The zero-order chi connectivity index (χ0) is 14.4. The first-order valence-electron chi connectivity index (χ1n) is 7.43. The minimum Gasteiger partial charge on any atom is -0.486 e. The fourth-order valence-electron chi connectivity index (χ4n) is 2.29. The molecule has 1 aromatic rings. The lowest BCUT2D eigenvalue weighted by atomic mass is 10.1. The first-order chi connectivity index (χ1) is 9.66. The lowest BCUT2D eigenvalue weighted by Crippen LogP contribution is -2.31. The van der Waals surface area contributed by atoms with E-state index in [0.29, 0.717) is 19.1 Å². The van der Waals surface area contributed by atoms with Crippen LogP contribution in [0.1, 0.15) is 19.4 Å². The van der Waals surface area contributed by atoms with Crippen LogP contribution in [0.4, 0.5) is 0 Å². The number of rotatable bonds is 7. The summed E-state index contributed by atoms with van der Waals surface area (Å²) in [6, 6.07) is 6.13. The van der Waals surface area contributed by atoms with Gasteiger partial charge in [-0.2, -0.15) is 0 Å². The SMILES string of the molecule is CC(C)CNCCN(C)Cc1cccc2c1OCCO2. The summed E-state index contributed by atoms with van der Waals surface area (Å²) in [6.45, 7) is 9.74. The minimum atomic E-state index is 0.643. The highest BCUT2D eigenvalue weighted by molar-refractivity contribution is 5.47. The number of nitrogens with one attached hydrogen (secondary N) is 1. The Morgan fingerprint density at radius 1 is 1.25 bits per heavy atom. The van der Waals surface area contributed by atoms with Gasteiger partial charge in [-0.1, -0.05) is 26.0 Å². The zero-order valence-corrected chi connectivity index (χ0v) is 12.8. The van der Waals surface area contributed by atoms with Gasteiger partial charge in [0.15, 0.2) is 11.5 Å². The molecule has 1 heterocycles. The second kappa shape index (κ2) is 7.50. The Labute approximate surface area is 122 Å². The quantitative estimate of drug-likeness (QED) is 0.775. The molecule has 112 valence electrons. The number of likely N-dealkylation sites (N-methyl/N-ethyl adjacent to an activating group) is 1. The highest BCUT2D eigenvalue weighted by Crippen LogP contribution is 2.33. The first-order valence-corrected chi connectivity index (χ1v) is 7.43. The van der Waals surface area contributed by atoms with Crippen LogP contribution in [0.5, 0.6) is 11.5 Å². The van der Waals surface area contributed by atoms with E-state index < -0.39 is 0 Å². The van der Waals surface area contributed by atoms with Crippen molar-refractivity contribution in [2.45, 2.75) is 20.4 Å². The van der Waals surface area contributed by atoms with Crippen LogP contribution in [0.2, 0.25) is 0 Å². The molecule has 1 aliphatic rings. The van der Waals surface area contributed by atoms with E-state index in [1.54, 1.807) is 0 Å². The minimum absolute atomic E-state index is 0.643. The van der Waals surface area contributed by atoms with E-state index in [0.717, 1.165) is 37.7 Å². The molecule has 0 saturated heterocycles. The molecule has 0 unspecified atom stereocenters. The molecule has 1 N–H and O–H groups in total. The standard InChI is InChI=1S/C16H26N2O2/c1-13(2)11-17-7-8-18(3)12-14-5-4-6-15-16(14)20-10-9-19-15/h4-6,13,17H,7-12H2,1-3H3. The highest BCUT2D eigenvalue weighted by atomic mass is 16.6. The fourth-order valence-corrected chi connectivity index (χ4v) is 2.29. The van der Waals surface area contributed by atoms with Gasteiger partial charge in [-0.3, -0.25) is 0 Å². The Kier molecular flexibility index (Phi) is 5.68. The molecule has 20 heavy (non-hydrogen) atoms. The first kappa shape index (κ1) is 15.1. The maximum atomic E-state index is 5.75. The van der Waals surface area contributed by atoms with Crippen molar-refractivity contribution in [3.8, 4) is 11.5 Å². The van der Waals surface area contributed by atoms with Gasteiger partial charge in [-0.15, -0.1) is 0 Å². The molecule has 1 aliphatic heterocycles. The number of nitrogens with zero attached hydrogens (tertiary/aromatic N) is 1. The van der Waals surface area contributed by atoms with Gasteiger partial charge in [0.2, 0.25) is 0 Å². The van der Waals surface area contributed by atoms with Crippen LogP contribution in [0.15, 0.2) is 18.2 Å². The summed E-state index contributed by atoms with van der Waals surface area (Å²) in [5.41, 5.74) is 1.20. The molecule has 0 fully saturated rings. The highest BCUT2D eigenvalue weighted by Gasteiger charge is 2.16. The molecule has 4 nitrogen and oxygen atoms in total. The van der Waals surface area contributed by atoms with E-state index in [2.05, 4.69) is 37.2 Å². The molecule has 4 heteroatoms. The van der Waals surface area contributed by atoms with Gasteiger partial charge in [-0.05, 0) is 25.6 Å². The third kappa shape index (κ3) is 4.39. The molecule has 0 aromatic heterocycles. The van der Waals surface area contributed by atoms with E-state index in [-0.39, 0.29) is 0 Å². The Hall–Kier alpha value is -1.26. The van der Waals surface area contributed by atoms with Gasteiger partial charge in [-0.25, -0.2) is 0 Å². The van der Waals surface area contributed by atoms with Crippen LogP contribution in [-0.2, 0) is 6.54 Å². The van der Waals surface area contributed by atoms with Crippen molar-refractivity contribution in [2.24, 2.45) is 5.92 Å². The second-order valence-electron chi connectivity index (χ2n) is 5.78. The Morgan fingerprint density at radius 3 is 2.85 bits per heavy atom. The third-order valence-corrected chi connectivity index (χ3v) is 3.31. The van der Waals surface area contributed by atoms with Gasteiger partial charge in [0, 0.05) is 25.2 Å². The fraction of sp³-hybridized carbons (Fsp3) is 0.625. The normalized spacial score (nSPS) is 14.1. The summed E-state index contributed by atoms with van der Waals surface area (Å²) in [6.07, 6.45) is 0. The van der Waals surface area contributed by atoms with Gasteiger partial charge in [0.05, 0.1) is 0 Å². The molecule has 0 spiro atoms. The maximum absolute atomic E-state index is 5.75. The summed E-state index contributed by atoms with van der Waals surface area (Å²) in [5, 5.41) is 3.47. The van der Waals surface area contributed by atoms with Crippen molar-refractivity contribution in [2.75, 3.05) is 39.9 Å². The summed E-state index contributed by atoms with van der Waals surface area (Å²) in [4.78, 5) is 2.31. The lowest BCUT2D eigenvalue weighted by Gasteiger charge is -2.23. The van der Waals surface area contributed by atoms with Crippen LogP contribution in [0, 0.1) is 5.92 Å². The molecular weight excluding hydrogens is 252 g/mol. The predicted molar refractivity (Wildman–Crippen MR) is 81.5 cm³/mol. The van der Waals surface area contributed by atoms with Crippen molar-refractivity contribution in [3.63, 3.8) is 0 Å². The molecule has 0 saturated carbocycles. The van der Waals surface area contributed by atoms with Crippen LogP contribution in [-0.4, -0.2) is 44.8 Å². The molecule has 0 aliphatic carbocycles. The number of ether oxygens (including phenoxy) is 2. The summed E-state index contributed by atoms with van der Waals surface area (Å²) in [7, 11) is 2.14. The van der Waals surface area contributed by atoms with Crippen molar-refractivity contribution < 1.29 is 9.47 Å². The van der Waals surface area contributed by atoms with E-state index in [1.807, 2.05) is 12.1 Å². The average Bonchev–Trinajstić information content (AvgIpc) is 2.44. The largest absolute Gasteiger partial charge is 0.486 e. The predicted octanol–water partition coefficient (Wildman–Crippen LogP) is 2.14. The zero-order valence-electron chi connectivity index (χ0n) is 12.8. The number of hydrogen-bond donors (Lipinski definition) is 1. The number of para-hydroxylation sites is 1. The van der Waals surface area contributed by atoms with Crippen LogP contribution >= 0.6 is 0 Å². The molecular formula is C16H26N2O2. The van der Waals surface area contributed by atoms with Gasteiger partial charge in [0.25, 0.3) is 0 Å². The molecule has 0 bridgehead atoms. The van der Waals surface area contributed by atoms with Crippen LogP contribution in [0.3, 0.4) is 0 Å². The van der Waals surface area contributed by atoms with E-state index in [1.165, 1.54) is 5.56 Å². The van der Waals surface area contributed by atoms with Gasteiger partial charge < -0.3 is 19.7 Å². The average molecular weight is 278 g/mol. The Morgan fingerprint density at radius 2 is 2.05 bits per heavy atom. The smallest absolute Gasteiger partial charge is 0.165 e. The number of fused-ring (bicyclic) bond motifs is 1. The topological polar surface area (TPSA) is 33.7 Å². The summed E-state index contributed by atoms with van der Waals surface area (Å²) in [5.74, 6) is 2.49. The third-order valence-electron chi connectivity index (χ3n) is 3.31. The van der Waals surface area contributed by atoms with Crippen LogP contribution in [0.25, 0.3) is 0 Å². The van der Waals surface area contributed by atoms with Crippen LogP contribution < -0.4 is 14.8 Å². The molecule has 0 amide bonds. The Balaban J connectivity index is 1.83. The molecule has 0 radical (unpaired) electrons. The van der Waals surface area contributed by atoms with E-state index in [9.17, 15) is 0 Å². The summed E-state index contributed by atoms with van der Waals surface area (Å²) < 4.78 is 11.4. The monoisotopic (exact) mass is 278 g/mol. The maximum Gasteiger partial charge on any atom is 0.165 e. The molecule has 2 rings (SSSR count). The summed E-state index contributed by atoms with van der Waals surface area (Å²) >= 11 is 0. The van der Waals surface area contributed by atoms with E-state index >= 15 is 0 Å². The van der Waals surface area contributed by atoms with Crippen molar-refractivity contribution in [1.29, 1.82) is 0 Å². The van der Waals surface area contributed by atoms with Crippen molar-refractivity contribution in [1.82, 2.24) is 10.2 Å². The van der Waals surface area contributed by atoms with Gasteiger partial charge >= 0.3 is 0 Å². The molecule has 0 atom stereocenters. The van der Waals surface area contributed by atoms with Crippen molar-refractivity contribution >= 4 is 0 Å². The number of hydrogen-bond acceptors (Lipinski definition) is 4. The second-order valence-corrected chi connectivity index (χ2v) is 5.78. The molecule has 1 aromatic carbocycles. The Bertz CT molecular complexity index is 421. The lowest BCUT2D eigenvalue weighted by molar-refractivity contribution is 0.167. The van der Waals surface area contributed by atoms with Crippen molar-refractivity contribution in [3.05, 3.63) is 23.8 Å². The number of benzene rings is 1. The van der Waals surface area contributed by atoms with E-state index in [4.69, 9.17) is 9.47 Å².